The van der Waals surface area contributed by atoms with Gasteiger partial charge in [-0.25, -0.2) is 13.1 Å². The third-order valence-corrected chi connectivity index (χ3v) is 5.23. The molecule has 3 rings (SSSR count). The zero-order valence-corrected chi connectivity index (χ0v) is 17.1. The maximum atomic E-state index is 12.8. The van der Waals surface area contributed by atoms with Crippen LogP contribution in [0.4, 0.5) is 5.69 Å². The SMILES string of the molecule is CC(=O)c1ccc2c(c1)/C(=C(\NCCCNS(C)(=O)=O)c1ccccc1)C(=O)N2. The van der Waals surface area contributed by atoms with Crippen LogP contribution < -0.4 is 15.4 Å². The summed E-state index contributed by atoms with van der Waals surface area (Å²) in [4.78, 5) is 24.6. The molecule has 0 spiro atoms. The summed E-state index contributed by atoms with van der Waals surface area (Å²) in [5, 5.41) is 6.13. The first-order valence-electron chi connectivity index (χ1n) is 9.21. The van der Waals surface area contributed by atoms with Gasteiger partial charge in [0.25, 0.3) is 5.91 Å². The summed E-state index contributed by atoms with van der Waals surface area (Å²) in [6.45, 7) is 2.24. The van der Waals surface area contributed by atoms with Gasteiger partial charge in [0, 0.05) is 29.9 Å². The Balaban J connectivity index is 1.96. The minimum Gasteiger partial charge on any atom is -0.384 e. The minimum atomic E-state index is -3.24. The molecule has 0 saturated carbocycles. The van der Waals surface area contributed by atoms with Gasteiger partial charge < -0.3 is 10.6 Å². The Hall–Kier alpha value is -2.97. The predicted molar refractivity (Wildman–Crippen MR) is 114 cm³/mol. The molecule has 2 aromatic rings. The number of carbonyl (C=O) groups excluding carboxylic acids is 2. The molecule has 0 aliphatic carbocycles. The van der Waals surface area contributed by atoms with Gasteiger partial charge in [0.15, 0.2) is 5.78 Å². The summed E-state index contributed by atoms with van der Waals surface area (Å²) in [5.41, 5.74) is 3.79. The first kappa shape index (κ1) is 20.8. The van der Waals surface area contributed by atoms with E-state index in [0.717, 1.165) is 11.8 Å². The third kappa shape index (κ3) is 5.10. The number of sulfonamides is 1. The fourth-order valence-electron chi connectivity index (χ4n) is 3.13. The fraction of sp³-hybridized carbons (Fsp3) is 0.238. The monoisotopic (exact) mass is 413 g/mol. The van der Waals surface area contributed by atoms with Crippen LogP contribution in [0.25, 0.3) is 11.3 Å². The number of carbonyl (C=O) groups is 2. The van der Waals surface area contributed by atoms with Gasteiger partial charge in [0.2, 0.25) is 10.0 Å². The van der Waals surface area contributed by atoms with Crippen molar-refractivity contribution in [3.8, 4) is 0 Å². The van der Waals surface area contributed by atoms with Crippen molar-refractivity contribution in [3.63, 3.8) is 0 Å². The van der Waals surface area contributed by atoms with E-state index in [4.69, 9.17) is 0 Å². The topological polar surface area (TPSA) is 104 Å². The normalized spacial score (nSPS) is 14.9. The summed E-state index contributed by atoms with van der Waals surface area (Å²) in [6, 6.07) is 14.6. The molecule has 7 nitrogen and oxygen atoms in total. The predicted octanol–water partition coefficient (Wildman–Crippen LogP) is 2.24. The van der Waals surface area contributed by atoms with Crippen LogP contribution in [0, 0.1) is 0 Å². The Morgan fingerprint density at radius 3 is 2.41 bits per heavy atom. The van der Waals surface area contributed by atoms with Crippen molar-refractivity contribution >= 4 is 38.7 Å². The summed E-state index contributed by atoms with van der Waals surface area (Å²) >= 11 is 0. The van der Waals surface area contributed by atoms with Gasteiger partial charge in [-0.15, -0.1) is 0 Å². The number of nitrogens with one attached hydrogen (secondary N) is 3. The molecule has 0 fully saturated rings. The van der Waals surface area contributed by atoms with Crippen LogP contribution in [0.1, 0.15) is 34.8 Å². The molecule has 8 heteroatoms. The van der Waals surface area contributed by atoms with Crippen molar-refractivity contribution in [2.45, 2.75) is 13.3 Å². The third-order valence-electron chi connectivity index (χ3n) is 4.50. The minimum absolute atomic E-state index is 0.0763. The molecule has 0 bridgehead atoms. The van der Waals surface area contributed by atoms with E-state index in [2.05, 4.69) is 15.4 Å². The molecule has 3 N–H and O–H groups in total. The van der Waals surface area contributed by atoms with E-state index >= 15 is 0 Å². The highest BCUT2D eigenvalue weighted by molar-refractivity contribution is 7.88. The molecule has 1 aliphatic rings. The van der Waals surface area contributed by atoms with Gasteiger partial charge >= 0.3 is 0 Å². The lowest BCUT2D eigenvalue weighted by Crippen LogP contribution is -2.26. The summed E-state index contributed by atoms with van der Waals surface area (Å²) in [7, 11) is -3.24. The van der Waals surface area contributed by atoms with Crippen LogP contribution in [-0.4, -0.2) is 39.5 Å². The molecular weight excluding hydrogens is 390 g/mol. The Labute approximate surface area is 170 Å². The average molecular weight is 413 g/mol. The Morgan fingerprint density at radius 1 is 1.03 bits per heavy atom. The fourth-order valence-corrected chi connectivity index (χ4v) is 3.65. The number of Topliss-reactive ketones (excluding diaryl/α,β-unsaturated/α-hetero) is 1. The van der Waals surface area contributed by atoms with Crippen LogP contribution in [0.5, 0.6) is 0 Å². The number of hydrogen-bond donors (Lipinski definition) is 3. The lowest BCUT2D eigenvalue weighted by molar-refractivity contribution is -0.110. The van der Waals surface area contributed by atoms with Gasteiger partial charge in [-0.3, -0.25) is 9.59 Å². The smallest absolute Gasteiger partial charge is 0.258 e. The van der Waals surface area contributed by atoms with E-state index in [-0.39, 0.29) is 11.7 Å². The maximum Gasteiger partial charge on any atom is 0.258 e. The number of anilines is 1. The first-order valence-corrected chi connectivity index (χ1v) is 11.1. The van der Waals surface area contributed by atoms with Crippen molar-refractivity contribution in [2.75, 3.05) is 24.7 Å². The van der Waals surface area contributed by atoms with Gasteiger partial charge in [0.1, 0.15) is 0 Å². The van der Waals surface area contributed by atoms with Gasteiger partial charge in [-0.2, -0.15) is 0 Å². The Kier molecular flexibility index (Phi) is 6.14. The molecule has 0 radical (unpaired) electrons. The van der Waals surface area contributed by atoms with Crippen molar-refractivity contribution in [3.05, 3.63) is 65.2 Å². The van der Waals surface area contributed by atoms with Crippen LogP contribution in [-0.2, 0) is 14.8 Å². The van der Waals surface area contributed by atoms with Crippen LogP contribution in [0.2, 0.25) is 0 Å². The summed E-state index contributed by atoms with van der Waals surface area (Å²) in [6.07, 6.45) is 1.66. The van der Waals surface area contributed by atoms with Crippen molar-refractivity contribution in [1.82, 2.24) is 10.0 Å². The molecule has 152 valence electrons. The number of rotatable bonds is 8. The van der Waals surface area contributed by atoms with Gasteiger partial charge in [0.05, 0.1) is 17.5 Å². The van der Waals surface area contributed by atoms with Crippen LogP contribution >= 0.6 is 0 Å². The molecule has 0 unspecified atom stereocenters. The zero-order chi connectivity index (χ0) is 21.0. The van der Waals surface area contributed by atoms with E-state index in [9.17, 15) is 18.0 Å². The van der Waals surface area contributed by atoms with Gasteiger partial charge in [-0.1, -0.05) is 30.3 Å². The summed E-state index contributed by atoms with van der Waals surface area (Å²) in [5.74, 6) is -0.325. The standard InChI is InChI=1S/C21H23N3O4S/c1-14(25)16-9-10-18-17(13-16)19(21(26)24-18)20(15-7-4-3-5-8-15)22-11-6-12-23-29(2,27)28/h3-5,7-10,13,22-23H,6,11-12H2,1-2H3,(H,24,26)/b20-19+. The van der Waals surface area contributed by atoms with Crippen molar-refractivity contribution < 1.29 is 18.0 Å². The Morgan fingerprint density at radius 2 is 1.76 bits per heavy atom. The highest BCUT2D eigenvalue weighted by atomic mass is 32.2. The molecule has 0 aromatic heterocycles. The van der Waals surface area contributed by atoms with E-state index in [1.54, 1.807) is 18.2 Å². The molecule has 0 saturated heterocycles. The quantitative estimate of drug-likeness (QED) is 0.350. The molecule has 1 heterocycles. The largest absolute Gasteiger partial charge is 0.384 e. The summed E-state index contributed by atoms with van der Waals surface area (Å²) < 4.78 is 24.9. The molecule has 1 amide bonds. The number of hydrogen-bond acceptors (Lipinski definition) is 5. The lowest BCUT2D eigenvalue weighted by Gasteiger charge is -2.15. The molecule has 29 heavy (non-hydrogen) atoms. The average Bonchev–Trinajstić information content (AvgIpc) is 2.99. The second-order valence-electron chi connectivity index (χ2n) is 6.83. The van der Waals surface area contributed by atoms with Gasteiger partial charge in [-0.05, 0) is 37.1 Å². The lowest BCUT2D eigenvalue weighted by atomic mass is 9.98. The van der Waals surface area contributed by atoms with E-state index < -0.39 is 10.0 Å². The molecule has 1 aliphatic heterocycles. The zero-order valence-electron chi connectivity index (χ0n) is 16.3. The van der Waals surface area contributed by atoms with E-state index in [1.807, 2.05) is 30.3 Å². The molecule has 0 atom stereocenters. The van der Waals surface area contributed by atoms with E-state index in [1.165, 1.54) is 6.92 Å². The first-order chi connectivity index (χ1) is 13.8. The maximum absolute atomic E-state index is 12.8. The van der Waals surface area contributed by atoms with E-state index in [0.29, 0.717) is 47.6 Å². The number of ketones is 1. The number of benzene rings is 2. The molecule has 2 aromatic carbocycles. The second-order valence-corrected chi connectivity index (χ2v) is 8.67. The number of fused-ring (bicyclic) bond motifs is 1. The number of amides is 1. The van der Waals surface area contributed by atoms with Crippen LogP contribution in [0.15, 0.2) is 48.5 Å². The van der Waals surface area contributed by atoms with Crippen molar-refractivity contribution in [1.29, 1.82) is 0 Å². The highest BCUT2D eigenvalue weighted by Crippen LogP contribution is 2.36. The van der Waals surface area contributed by atoms with Crippen molar-refractivity contribution in [2.24, 2.45) is 0 Å². The Bertz CT molecular complexity index is 1080. The second kappa shape index (κ2) is 8.59. The molecular formula is C21H23N3O4S. The van der Waals surface area contributed by atoms with Crippen LogP contribution in [0.3, 0.4) is 0 Å². The highest BCUT2D eigenvalue weighted by Gasteiger charge is 2.28.